The summed E-state index contributed by atoms with van der Waals surface area (Å²) in [4.78, 5) is 37.9. The number of anilines is 1. The lowest BCUT2D eigenvalue weighted by Gasteiger charge is -2.14. The molecule has 5 aromatic rings. The van der Waals surface area contributed by atoms with Crippen LogP contribution in [0.5, 0.6) is 0 Å². The van der Waals surface area contributed by atoms with Gasteiger partial charge in [-0.2, -0.15) is 5.26 Å². The number of carbonyl (C=O) groups excluding carboxylic acids is 2. The number of rotatable bonds is 5. The Morgan fingerprint density at radius 3 is 2.15 bits per heavy atom. The van der Waals surface area contributed by atoms with E-state index in [1.54, 1.807) is 77.4 Å². The molecule has 0 aliphatic heterocycles. The number of hydrogen-bond donors (Lipinski definition) is 1. The molecule has 0 saturated heterocycles. The van der Waals surface area contributed by atoms with E-state index in [0.717, 1.165) is 0 Å². The van der Waals surface area contributed by atoms with Crippen LogP contribution in [0.2, 0.25) is 0 Å². The minimum Gasteiger partial charge on any atom is -0.454 e. The Morgan fingerprint density at radius 1 is 0.912 bits per heavy atom. The molecule has 8 heteroatoms. The lowest BCUT2D eigenvalue weighted by molar-refractivity contribution is -0.147. The highest BCUT2D eigenvalue weighted by Gasteiger charge is 2.18. The number of furan rings is 1. The van der Waals surface area contributed by atoms with Crippen molar-refractivity contribution in [1.82, 2.24) is 4.57 Å². The fourth-order valence-corrected chi connectivity index (χ4v) is 3.99. The molecule has 8 nitrogen and oxygen atoms in total. The number of amides is 1. The van der Waals surface area contributed by atoms with Crippen molar-refractivity contribution >= 4 is 50.3 Å². The smallest absolute Gasteiger partial charge is 0.326 e. The standard InChI is InChI=1S/C26H17N3O5/c27-13-22-25(18-9-3-6-12-21(18)34-22)28-23(30)15-33-24(31)14-29-19-10-4-1-7-16(19)26(32)17-8-2-5-11-20(17)29/h1-12H,14-15H2,(H,28,30). The van der Waals surface area contributed by atoms with E-state index in [1.807, 2.05) is 6.07 Å². The fourth-order valence-electron chi connectivity index (χ4n) is 3.99. The number of aromatic nitrogens is 1. The maximum atomic E-state index is 12.8. The Labute approximate surface area is 192 Å². The number of esters is 1. The molecule has 3 aromatic carbocycles. The number of benzene rings is 3. The van der Waals surface area contributed by atoms with Gasteiger partial charge >= 0.3 is 5.97 Å². The summed E-state index contributed by atoms with van der Waals surface area (Å²) in [5, 5.41) is 13.4. The average molecular weight is 451 g/mol. The summed E-state index contributed by atoms with van der Waals surface area (Å²) >= 11 is 0. The van der Waals surface area contributed by atoms with Crippen molar-refractivity contribution < 1.29 is 18.7 Å². The lowest BCUT2D eigenvalue weighted by atomic mass is 10.1. The van der Waals surface area contributed by atoms with Crippen LogP contribution in [0.15, 0.2) is 82.0 Å². The van der Waals surface area contributed by atoms with Crippen LogP contribution in [0.3, 0.4) is 0 Å². The molecule has 1 N–H and O–H groups in total. The number of nitriles is 1. The Kier molecular flexibility index (Phi) is 5.28. The van der Waals surface area contributed by atoms with Crippen LogP contribution >= 0.6 is 0 Å². The van der Waals surface area contributed by atoms with Crippen molar-refractivity contribution in [2.24, 2.45) is 0 Å². The number of nitrogens with one attached hydrogen (secondary N) is 1. The van der Waals surface area contributed by atoms with E-state index >= 15 is 0 Å². The van der Waals surface area contributed by atoms with E-state index in [9.17, 15) is 19.6 Å². The van der Waals surface area contributed by atoms with Crippen molar-refractivity contribution in [1.29, 1.82) is 5.26 Å². The summed E-state index contributed by atoms with van der Waals surface area (Å²) in [5.41, 5.74) is 1.77. The first kappa shape index (κ1) is 21.0. The molecular weight excluding hydrogens is 434 g/mol. The van der Waals surface area contributed by atoms with Crippen molar-refractivity contribution in [3.05, 3.63) is 88.8 Å². The van der Waals surface area contributed by atoms with Gasteiger partial charge in [0.25, 0.3) is 5.91 Å². The topological polar surface area (TPSA) is 114 Å². The SMILES string of the molecule is N#Cc1oc2ccccc2c1NC(=O)COC(=O)Cn1c2ccccc2c(=O)c2ccccc21. The molecular formula is C26H17N3O5. The minimum atomic E-state index is -0.647. The second kappa shape index (κ2) is 8.56. The molecule has 0 bridgehead atoms. The van der Waals surface area contributed by atoms with E-state index in [-0.39, 0.29) is 23.4 Å². The van der Waals surface area contributed by atoms with E-state index in [0.29, 0.717) is 32.8 Å². The molecule has 0 atom stereocenters. The first-order valence-corrected chi connectivity index (χ1v) is 10.4. The Bertz CT molecular complexity index is 1630. The Balaban J connectivity index is 1.36. The van der Waals surface area contributed by atoms with Gasteiger partial charge in [-0.05, 0) is 36.4 Å². The van der Waals surface area contributed by atoms with Gasteiger partial charge in [0.2, 0.25) is 5.76 Å². The van der Waals surface area contributed by atoms with E-state index in [2.05, 4.69) is 5.32 Å². The number of hydrogen-bond acceptors (Lipinski definition) is 6. The van der Waals surface area contributed by atoms with Crippen LogP contribution in [0.1, 0.15) is 5.76 Å². The predicted molar refractivity (Wildman–Crippen MR) is 126 cm³/mol. The van der Waals surface area contributed by atoms with Gasteiger partial charge in [-0.25, -0.2) is 0 Å². The third kappa shape index (κ3) is 3.65. The van der Waals surface area contributed by atoms with Crippen molar-refractivity contribution in [3.63, 3.8) is 0 Å². The van der Waals surface area contributed by atoms with Gasteiger partial charge in [0.05, 0.1) is 11.0 Å². The predicted octanol–water partition coefficient (Wildman–Crippen LogP) is 3.95. The van der Waals surface area contributed by atoms with Crippen LogP contribution in [0.4, 0.5) is 5.69 Å². The van der Waals surface area contributed by atoms with Crippen molar-refractivity contribution in [2.75, 3.05) is 11.9 Å². The number of pyridine rings is 1. The molecule has 0 fully saturated rings. The van der Waals surface area contributed by atoms with Gasteiger partial charge in [-0.3, -0.25) is 14.4 Å². The number of para-hydroxylation sites is 3. The van der Waals surface area contributed by atoms with E-state index < -0.39 is 18.5 Å². The van der Waals surface area contributed by atoms with E-state index in [4.69, 9.17) is 9.15 Å². The third-order valence-corrected chi connectivity index (χ3v) is 5.49. The highest BCUT2D eigenvalue weighted by molar-refractivity contribution is 6.03. The molecule has 166 valence electrons. The molecule has 0 unspecified atom stereocenters. The molecule has 5 rings (SSSR count). The average Bonchev–Trinajstić information content (AvgIpc) is 3.22. The molecule has 1 amide bonds. The number of ether oxygens (including phenoxy) is 1. The Morgan fingerprint density at radius 2 is 1.50 bits per heavy atom. The molecule has 2 aromatic heterocycles. The van der Waals surface area contributed by atoms with Gasteiger partial charge in [-0.1, -0.05) is 36.4 Å². The van der Waals surface area contributed by atoms with Crippen LogP contribution in [-0.2, 0) is 20.9 Å². The summed E-state index contributed by atoms with van der Waals surface area (Å²) in [6, 6.07) is 22.9. The van der Waals surface area contributed by atoms with Crippen LogP contribution in [0, 0.1) is 11.3 Å². The minimum absolute atomic E-state index is 0.0351. The molecule has 34 heavy (non-hydrogen) atoms. The first-order chi connectivity index (χ1) is 16.6. The summed E-state index contributed by atoms with van der Waals surface area (Å²) < 4.78 is 12.3. The molecule has 0 saturated carbocycles. The van der Waals surface area contributed by atoms with Crippen molar-refractivity contribution in [2.45, 2.75) is 6.54 Å². The number of fused-ring (bicyclic) bond motifs is 3. The third-order valence-electron chi connectivity index (χ3n) is 5.49. The molecule has 0 aliphatic rings. The Hall–Kier alpha value is -4.90. The zero-order valence-corrected chi connectivity index (χ0v) is 17.8. The highest BCUT2D eigenvalue weighted by Crippen LogP contribution is 2.30. The quantitative estimate of drug-likeness (QED) is 0.320. The second-order valence-corrected chi connectivity index (χ2v) is 7.57. The molecule has 0 spiro atoms. The van der Waals surface area contributed by atoms with Gasteiger partial charge < -0.3 is 19.0 Å². The largest absolute Gasteiger partial charge is 0.454 e. The summed E-state index contributed by atoms with van der Waals surface area (Å²) in [7, 11) is 0. The van der Waals surface area contributed by atoms with Gasteiger partial charge in [0, 0.05) is 16.2 Å². The summed E-state index contributed by atoms with van der Waals surface area (Å²) in [5.74, 6) is -1.29. The number of carbonyl (C=O) groups is 2. The van der Waals surface area contributed by atoms with Gasteiger partial charge in [0.15, 0.2) is 12.0 Å². The molecule has 0 aliphatic carbocycles. The maximum Gasteiger partial charge on any atom is 0.326 e. The van der Waals surface area contributed by atoms with Crippen LogP contribution < -0.4 is 10.7 Å². The van der Waals surface area contributed by atoms with Crippen molar-refractivity contribution in [3.8, 4) is 6.07 Å². The zero-order valence-electron chi connectivity index (χ0n) is 17.8. The fraction of sp³-hybridized carbons (Fsp3) is 0.0769. The molecule has 2 heterocycles. The van der Waals surface area contributed by atoms with Gasteiger partial charge in [0.1, 0.15) is 23.9 Å². The van der Waals surface area contributed by atoms with Gasteiger partial charge in [-0.15, -0.1) is 0 Å². The first-order valence-electron chi connectivity index (χ1n) is 10.4. The zero-order chi connectivity index (χ0) is 23.7. The normalized spacial score (nSPS) is 10.9. The summed E-state index contributed by atoms with van der Waals surface area (Å²) in [6.07, 6.45) is 0. The highest BCUT2D eigenvalue weighted by atomic mass is 16.5. The van der Waals surface area contributed by atoms with Crippen LogP contribution in [-0.4, -0.2) is 23.1 Å². The van der Waals surface area contributed by atoms with E-state index in [1.165, 1.54) is 0 Å². The second-order valence-electron chi connectivity index (χ2n) is 7.57. The summed E-state index contributed by atoms with van der Waals surface area (Å²) in [6.45, 7) is -0.730. The maximum absolute atomic E-state index is 12.8. The number of nitrogens with zero attached hydrogens (tertiary/aromatic N) is 2. The monoisotopic (exact) mass is 451 g/mol. The lowest BCUT2D eigenvalue weighted by Crippen LogP contribution is -2.24. The molecule has 0 radical (unpaired) electrons. The van der Waals surface area contributed by atoms with Crippen LogP contribution in [0.25, 0.3) is 32.8 Å².